The van der Waals surface area contributed by atoms with Crippen molar-refractivity contribution in [3.63, 3.8) is 0 Å². The molecule has 0 saturated heterocycles. The predicted molar refractivity (Wildman–Crippen MR) is 139 cm³/mol. The number of nitrogens with one attached hydrogen (secondary N) is 1. The standard InChI is InChI=1S/C31H32N2O3/c1-21-26-20-27(36-2)25-18-19-30(26,33(28(21)34)29(35)32-24-16-10-5-11-17-24)31(25,22-12-6-3-7-13-22)23-14-8-4-9-15-23/h3-4,6-9,12-15,18-20,24-25H,5,10-11,16-17H2,1-2H3,(H,32,35). The average Bonchev–Trinajstić information content (AvgIpc) is 3.30. The van der Waals surface area contributed by atoms with Crippen LogP contribution in [0.1, 0.15) is 50.2 Å². The zero-order valence-corrected chi connectivity index (χ0v) is 20.9. The van der Waals surface area contributed by atoms with E-state index in [1.54, 1.807) is 7.11 Å². The molecule has 6 rings (SSSR count). The summed E-state index contributed by atoms with van der Waals surface area (Å²) >= 11 is 0. The summed E-state index contributed by atoms with van der Waals surface area (Å²) in [6, 6.07) is 20.3. The van der Waals surface area contributed by atoms with Crippen molar-refractivity contribution in [2.75, 3.05) is 7.11 Å². The molecule has 2 atom stereocenters. The lowest BCUT2D eigenvalue weighted by atomic mass is 9.53. The van der Waals surface area contributed by atoms with E-state index in [1.807, 2.05) is 49.4 Å². The minimum absolute atomic E-state index is 0.0949. The Balaban J connectivity index is 1.62. The fourth-order valence-corrected chi connectivity index (χ4v) is 7.20. The van der Waals surface area contributed by atoms with Crippen molar-refractivity contribution in [1.29, 1.82) is 0 Å². The van der Waals surface area contributed by atoms with Crippen LogP contribution in [0.25, 0.3) is 0 Å². The smallest absolute Gasteiger partial charge is 0.325 e. The third-order valence-electron chi connectivity index (χ3n) is 8.71. The Hall–Kier alpha value is -3.60. The maximum atomic E-state index is 14.1. The summed E-state index contributed by atoms with van der Waals surface area (Å²) in [6.45, 7) is 1.84. The molecule has 0 radical (unpaired) electrons. The van der Waals surface area contributed by atoms with Crippen LogP contribution < -0.4 is 5.32 Å². The number of hydrogen-bond acceptors (Lipinski definition) is 3. The molecule has 2 bridgehead atoms. The average molecular weight is 481 g/mol. The van der Waals surface area contributed by atoms with E-state index in [0.717, 1.165) is 48.1 Å². The number of ether oxygens (including phenoxy) is 1. The van der Waals surface area contributed by atoms with Crippen LogP contribution in [0, 0.1) is 5.92 Å². The number of rotatable bonds is 4. The minimum atomic E-state index is -0.998. The Morgan fingerprint density at radius 3 is 2.17 bits per heavy atom. The van der Waals surface area contributed by atoms with Gasteiger partial charge in [-0.25, -0.2) is 9.69 Å². The molecule has 1 N–H and O–H groups in total. The Morgan fingerprint density at radius 2 is 1.58 bits per heavy atom. The lowest BCUT2D eigenvalue weighted by Crippen LogP contribution is -2.66. The fourth-order valence-electron chi connectivity index (χ4n) is 7.20. The van der Waals surface area contributed by atoms with Crippen LogP contribution in [0.5, 0.6) is 0 Å². The van der Waals surface area contributed by atoms with Crippen molar-refractivity contribution in [2.45, 2.75) is 56.0 Å². The molecule has 1 aliphatic heterocycles. The number of carbonyl (C=O) groups is 2. The third kappa shape index (κ3) is 2.89. The molecule has 36 heavy (non-hydrogen) atoms. The molecule has 1 saturated carbocycles. The maximum Gasteiger partial charge on any atom is 0.325 e. The van der Waals surface area contributed by atoms with Crippen LogP contribution >= 0.6 is 0 Å². The minimum Gasteiger partial charge on any atom is -0.500 e. The molecular formula is C31H32N2O3. The molecule has 2 unspecified atom stereocenters. The second-order valence-electron chi connectivity index (χ2n) is 10.4. The molecular weight excluding hydrogens is 448 g/mol. The van der Waals surface area contributed by atoms with Gasteiger partial charge in [0.05, 0.1) is 18.4 Å². The van der Waals surface area contributed by atoms with Gasteiger partial charge >= 0.3 is 6.03 Å². The zero-order valence-electron chi connectivity index (χ0n) is 20.9. The largest absolute Gasteiger partial charge is 0.500 e. The van der Waals surface area contributed by atoms with Gasteiger partial charge in [0.2, 0.25) is 0 Å². The molecule has 3 amide bonds. The molecule has 0 aromatic heterocycles. The number of imide groups is 1. The number of urea groups is 1. The van der Waals surface area contributed by atoms with Gasteiger partial charge in [0.15, 0.2) is 0 Å². The number of allylic oxidation sites excluding steroid dienone is 1. The molecule has 3 aliphatic carbocycles. The summed E-state index contributed by atoms with van der Waals surface area (Å²) in [4.78, 5) is 29.6. The number of carbonyl (C=O) groups excluding carboxylic acids is 2. The van der Waals surface area contributed by atoms with Crippen molar-refractivity contribution < 1.29 is 14.3 Å². The van der Waals surface area contributed by atoms with E-state index >= 15 is 0 Å². The van der Waals surface area contributed by atoms with Crippen LogP contribution in [0.15, 0.2) is 95.8 Å². The zero-order chi connectivity index (χ0) is 24.9. The molecule has 2 aromatic carbocycles. The van der Waals surface area contributed by atoms with E-state index in [-0.39, 0.29) is 23.9 Å². The van der Waals surface area contributed by atoms with Gasteiger partial charge in [0.25, 0.3) is 5.91 Å². The first-order chi connectivity index (χ1) is 17.6. The van der Waals surface area contributed by atoms with Crippen LogP contribution in [0.2, 0.25) is 0 Å². The number of amides is 3. The first-order valence-corrected chi connectivity index (χ1v) is 13.0. The van der Waals surface area contributed by atoms with Crippen molar-refractivity contribution >= 4 is 11.9 Å². The molecule has 5 nitrogen and oxygen atoms in total. The highest BCUT2D eigenvalue weighted by Gasteiger charge is 2.71. The third-order valence-corrected chi connectivity index (χ3v) is 8.71. The van der Waals surface area contributed by atoms with E-state index < -0.39 is 11.0 Å². The number of fused-ring (bicyclic) bond motifs is 1. The normalized spacial score (nSPS) is 26.6. The summed E-state index contributed by atoms with van der Waals surface area (Å²) < 4.78 is 5.97. The lowest BCUT2D eigenvalue weighted by molar-refractivity contribution is -0.126. The molecule has 1 fully saturated rings. The van der Waals surface area contributed by atoms with Gasteiger partial charge in [0.1, 0.15) is 11.3 Å². The highest BCUT2D eigenvalue weighted by atomic mass is 16.5. The van der Waals surface area contributed by atoms with E-state index in [4.69, 9.17) is 4.74 Å². The molecule has 4 aliphatic rings. The first-order valence-electron chi connectivity index (χ1n) is 13.0. The van der Waals surface area contributed by atoms with Crippen LogP contribution in [0.3, 0.4) is 0 Å². The van der Waals surface area contributed by atoms with Gasteiger partial charge in [-0.3, -0.25) is 4.79 Å². The summed E-state index contributed by atoms with van der Waals surface area (Å²) in [5.74, 6) is 0.372. The molecule has 1 heterocycles. The van der Waals surface area contributed by atoms with E-state index in [9.17, 15) is 9.59 Å². The van der Waals surface area contributed by atoms with Crippen LogP contribution in [-0.2, 0) is 14.9 Å². The summed E-state index contributed by atoms with van der Waals surface area (Å²) in [5.41, 5.74) is 1.75. The maximum absolute atomic E-state index is 14.1. The van der Waals surface area contributed by atoms with E-state index in [1.165, 1.54) is 11.3 Å². The summed E-state index contributed by atoms with van der Waals surface area (Å²) in [7, 11) is 1.69. The second kappa shape index (κ2) is 8.51. The first kappa shape index (κ1) is 22.8. The monoisotopic (exact) mass is 480 g/mol. The van der Waals surface area contributed by atoms with E-state index in [2.05, 4.69) is 41.7 Å². The van der Waals surface area contributed by atoms with Crippen molar-refractivity contribution in [2.24, 2.45) is 5.92 Å². The van der Waals surface area contributed by atoms with Gasteiger partial charge in [0, 0.05) is 11.6 Å². The number of benzene rings is 2. The van der Waals surface area contributed by atoms with Gasteiger partial charge in [-0.2, -0.15) is 0 Å². The summed E-state index contributed by atoms with van der Waals surface area (Å²) in [5, 5.41) is 3.24. The Kier molecular flexibility index (Phi) is 5.40. The number of methoxy groups -OCH3 is 1. The van der Waals surface area contributed by atoms with E-state index in [0.29, 0.717) is 5.57 Å². The predicted octanol–water partition coefficient (Wildman–Crippen LogP) is 5.64. The molecule has 5 heteroatoms. The quantitative estimate of drug-likeness (QED) is 0.576. The topological polar surface area (TPSA) is 58.6 Å². The second-order valence-corrected chi connectivity index (χ2v) is 10.4. The van der Waals surface area contributed by atoms with Crippen LogP contribution in [-0.4, -0.2) is 35.5 Å². The molecule has 1 spiro atoms. The SMILES string of the molecule is COC1=CC2=C(C)C(=O)N(C(=O)NC3CCCCC3)C23C=CC1C3(c1ccccc1)c1ccccc1. The number of nitrogens with zero attached hydrogens (tertiary/aromatic N) is 1. The van der Waals surface area contributed by atoms with Crippen molar-refractivity contribution in [1.82, 2.24) is 10.2 Å². The Morgan fingerprint density at radius 1 is 0.972 bits per heavy atom. The van der Waals surface area contributed by atoms with Gasteiger partial charge in [-0.05, 0) is 42.5 Å². The van der Waals surface area contributed by atoms with Gasteiger partial charge in [-0.15, -0.1) is 0 Å². The number of hydrogen-bond donors (Lipinski definition) is 1. The Labute approximate surface area is 212 Å². The van der Waals surface area contributed by atoms with Crippen molar-refractivity contribution in [3.05, 3.63) is 107 Å². The van der Waals surface area contributed by atoms with Gasteiger partial charge < -0.3 is 10.1 Å². The van der Waals surface area contributed by atoms with Crippen LogP contribution in [0.4, 0.5) is 4.79 Å². The highest BCUT2D eigenvalue weighted by Crippen LogP contribution is 2.65. The Bertz CT molecular complexity index is 1250. The van der Waals surface area contributed by atoms with Gasteiger partial charge in [-0.1, -0.05) is 92.1 Å². The van der Waals surface area contributed by atoms with Crippen molar-refractivity contribution in [3.8, 4) is 0 Å². The highest BCUT2D eigenvalue weighted by molar-refractivity contribution is 6.10. The summed E-state index contributed by atoms with van der Waals surface area (Å²) in [6.07, 6.45) is 11.5. The lowest BCUT2D eigenvalue weighted by Gasteiger charge is -2.54. The fraction of sp³-hybridized carbons (Fsp3) is 0.355. The molecule has 2 aromatic rings. The molecule has 184 valence electrons.